The van der Waals surface area contributed by atoms with Gasteiger partial charge >= 0.3 is 0 Å². The molecule has 30 heavy (non-hydrogen) atoms. The highest BCUT2D eigenvalue weighted by molar-refractivity contribution is 7.88. The van der Waals surface area contributed by atoms with Crippen LogP contribution in [0.4, 0.5) is 0 Å². The summed E-state index contributed by atoms with van der Waals surface area (Å²) in [5.74, 6) is 1.51. The molecule has 0 saturated carbocycles. The molecule has 1 fully saturated rings. The molecule has 0 aliphatic carbocycles. The van der Waals surface area contributed by atoms with Crippen LogP contribution in [0.3, 0.4) is 0 Å². The molecule has 0 atom stereocenters. The van der Waals surface area contributed by atoms with E-state index in [1.54, 1.807) is 13.2 Å². The van der Waals surface area contributed by atoms with Gasteiger partial charge in [0.1, 0.15) is 17.8 Å². The summed E-state index contributed by atoms with van der Waals surface area (Å²) in [6, 6.07) is 7.60. The third-order valence-electron chi connectivity index (χ3n) is 4.96. The summed E-state index contributed by atoms with van der Waals surface area (Å²) < 4.78 is 36.8. The molecule has 1 N–H and O–H groups in total. The van der Waals surface area contributed by atoms with Crippen LogP contribution in [0.15, 0.2) is 40.0 Å². The lowest BCUT2D eigenvalue weighted by Crippen LogP contribution is -2.53. The fourth-order valence-electron chi connectivity index (χ4n) is 3.40. The third-order valence-corrected chi connectivity index (χ3v) is 6.77. The van der Waals surface area contributed by atoms with Crippen molar-refractivity contribution in [2.45, 2.75) is 26.1 Å². The van der Waals surface area contributed by atoms with Crippen LogP contribution in [0.25, 0.3) is 0 Å². The summed E-state index contributed by atoms with van der Waals surface area (Å²) in [6.45, 7) is 7.28. The van der Waals surface area contributed by atoms with Gasteiger partial charge in [0, 0.05) is 38.8 Å². The molecule has 164 valence electrons. The minimum absolute atomic E-state index is 0.144. The molecule has 0 spiro atoms. The second kappa shape index (κ2) is 9.94. The number of piperazine rings is 1. The number of rotatable bonds is 7. The molecule has 1 saturated heterocycles. The second-order valence-electron chi connectivity index (χ2n) is 7.11. The van der Waals surface area contributed by atoms with E-state index in [0.717, 1.165) is 29.4 Å². The summed E-state index contributed by atoms with van der Waals surface area (Å²) in [5, 5.41) is 7.02. The minimum atomic E-state index is -3.42. The summed E-state index contributed by atoms with van der Waals surface area (Å²) in [7, 11) is -1.76. The number of nitrogens with one attached hydrogen (secondary N) is 1. The van der Waals surface area contributed by atoms with Crippen molar-refractivity contribution in [3.05, 3.63) is 47.3 Å². The van der Waals surface area contributed by atoms with Crippen LogP contribution in [0.5, 0.6) is 5.75 Å². The van der Waals surface area contributed by atoms with Gasteiger partial charge in [-0.1, -0.05) is 17.3 Å². The first kappa shape index (κ1) is 22.1. The summed E-state index contributed by atoms with van der Waals surface area (Å²) in [4.78, 5) is 6.85. The van der Waals surface area contributed by atoms with E-state index in [1.807, 2.05) is 26.0 Å². The van der Waals surface area contributed by atoms with E-state index in [1.165, 1.54) is 10.6 Å². The number of benzene rings is 1. The van der Waals surface area contributed by atoms with Crippen LogP contribution >= 0.6 is 0 Å². The van der Waals surface area contributed by atoms with E-state index in [2.05, 4.69) is 21.4 Å². The first-order chi connectivity index (χ1) is 14.4. The van der Waals surface area contributed by atoms with Crippen molar-refractivity contribution in [2.24, 2.45) is 4.99 Å². The van der Waals surface area contributed by atoms with Gasteiger partial charge in [-0.25, -0.2) is 13.4 Å². The zero-order valence-electron chi connectivity index (χ0n) is 17.7. The number of aromatic nitrogens is 1. The molecule has 1 aliphatic heterocycles. The largest absolute Gasteiger partial charge is 0.496 e. The average Bonchev–Trinajstić information content (AvgIpc) is 3.23. The summed E-state index contributed by atoms with van der Waals surface area (Å²) >= 11 is 0. The molecule has 1 aromatic heterocycles. The van der Waals surface area contributed by atoms with Crippen LogP contribution in [0, 0.1) is 6.92 Å². The van der Waals surface area contributed by atoms with Gasteiger partial charge in [0.15, 0.2) is 5.96 Å². The number of guanidine groups is 1. The van der Waals surface area contributed by atoms with Crippen LogP contribution in [-0.4, -0.2) is 68.6 Å². The lowest BCUT2D eigenvalue weighted by Gasteiger charge is -2.35. The molecule has 10 heteroatoms. The monoisotopic (exact) mass is 435 g/mol. The number of aryl methyl sites for hydroxylation is 1. The lowest BCUT2D eigenvalue weighted by atomic mass is 10.1. The van der Waals surface area contributed by atoms with E-state index in [-0.39, 0.29) is 5.75 Å². The second-order valence-corrected chi connectivity index (χ2v) is 9.08. The Morgan fingerprint density at radius 3 is 2.63 bits per heavy atom. The molecular formula is C20H29N5O4S. The first-order valence-electron chi connectivity index (χ1n) is 9.97. The first-order valence-corrected chi connectivity index (χ1v) is 11.6. The van der Waals surface area contributed by atoms with Crippen molar-refractivity contribution >= 4 is 16.0 Å². The highest BCUT2D eigenvalue weighted by Gasteiger charge is 2.29. The molecule has 2 heterocycles. The fraction of sp³-hybridized carbons (Fsp3) is 0.500. The smallest absolute Gasteiger partial charge is 0.220 e. The van der Waals surface area contributed by atoms with E-state index in [4.69, 9.17) is 14.3 Å². The molecule has 0 bridgehead atoms. The quantitative estimate of drug-likeness (QED) is 0.521. The molecule has 1 aliphatic rings. The normalized spacial score (nSPS) is 16.0. The topological polar surface area (TPSA) is 100 Å². The molecule has 9 nitrogen and oxygen atoms in total. The zero-order valence-corrected chi connectivity index (χ0v) is 18.5. The van der Waals surface area contributed by atoms with E-state index in [0.29, 0.717) is 38.4 Å². The van der Waals surface area contributed by atoms with Crippen molar-refractivity contribution in [1.82, 2.24) is 19.7 Å². The van der Waals surface area contributed by atoms with Crippen LogP contribution in [-0.2, 0) is 22.3 Å². The number of nitrogens with zero attached hydrogens (tertiary/aromatic N) is 4. The van der Waals surface area contributed by atoms with Gasteiger partial charge in [-0.05, 0) is 31.0 Å². The van der Waals surface area contributed by atoms with Gasteiger partial charge in [-0.15, -0.1) is 0 Å². The molecule has 0 radical (unpaired) electrons. The fourth-order valence-corrected chi connectivity index (χ4v) is 4.82. The zero-order chi connectivity index (χ0) is 21.6. The summed E-state index contributed by atoms with van der Waals surface area (Å²) in [6.07, 6.45) is 1.38. The molecule has 2 aromatic rings. The Morgan fingerprint density at radius 1 is 1.27 bits per heavy atom. The van der Waals surface area contributed by atoms with E-state index in [9.17, 15) is 8.42 Å². The number of ether oxygens (including phenoxy) is 1. The van der Waals surface area contributed by atoms with E-state index >= 15 is 0 Å². The molecule has 0 amide bonds. The van der Waals surface area contributed by atoms with Crippen LogP contribution in [0.1, 0.15) is 23.7 Å². The van der Waals surface area contributed by atoms with Crippen molar-refractivity contribution in [1.29, 1.82) is 0 Å². The van der Waals surface area contributed by atoms with Gasteiger partial charge in [0.2, 0.25) is 10.0 Å². The SMILES string of the molecule is CCNC(=NCc1ccc(OC)c(C)c1)N1CCN(S(=O)(=O)Cc2ccon2)CC1. The van der Waals surface area contributed by atoms with Crippen molar-refractivity contribution in [3.63, 3.8) is 0 Å². The Balaban J connectivity index is 1.62. The standard InChI is InChI=1S/C20H29N5O4S/c1-4-21-20(22-14-17-5-6-19(28-3)16(2)13-17)24-8-10-25(11-9-24)30(26,27)15-18-7-12-29-23-18/h5-7,12-13H,4,8-11,14-15H2,1-3H3,(H,21,22). The highest BCUT2D eigenvalue weighted by atomic mass is 32.2. The number of methoxy groups -OCH3 is 1. The maximum absolute atomic E-state index is 12.6. The van der Waals surface area contributed by atoms with E-state index < -0.39 is 10.0 Å². The predicted molar refractivity (Wildman–Crippen MR) is 115 cm³/mol. The third kappa shape index (κ3) is 5.51. The van der Waals surface area contributed by atoms with Gasteiger partial charge in [0.25, 0.3) is 0 Å². The van der Waals surface area contributed by atoms with Gasteiger partial charge in [-0.3, -0.25) is 0 Å². The number of aliphatic imine (C=N–C) groups is 1. The molecule has 3 rings (SSSR count). The molecule has 0 unspecified atom stereocenters. The highest BCUT2D eigenvalue weighted by Crippen LogP contribution is 2.19. The van der Waals surface area contributed by atoms with Crippen molar-refractivity contribution < 1.29 is 17.7 Å². The van der Waals surface area contributed by atoms with Crippen molar-refractivity contribution in [3.8, 4) is 5.75 Å². The Bertz CT molecular complexity index is 952. The van der Waals surface area contributed by atoms with Gasteiger partial charge in [0.05, 0.1) is 19.3 Å². The number of hydrogen-bond acceptors (Lipinski definition) is 6. The lowest BCUT2D eigenvalue weighted by molar-refractivity contribution is 0.259. The Labute approximate surface area is 177 Å². The number of sulfonamides is 1. The average molecular weight is 436 g/mol. The van der Waals surface area contributed by atoms with Crippen LogP contribution in [0.2, 0.25) is 0 Å². The molecule has 1 aromatic carbocycles. The maximum atomic E-state index is 12.6. The van der Waals surface area contributed by atoms with Crippen molar-refractivity contribution in [2.75, 3.05) is 39.8 Å². The van der Waals surface area contributed by atoms with Gasteiger partial charge in [-0.2, -0.15) is 4.31 Å². The maximum Gasteiger partial charge on any atom is 0.220 e. The predicted octanol–water partition coefficient (Wildman–Crippen LogP) is 1.60. The van der Waals surface area contributed by atoms with Gasteiger partial charge < -0.3 is 19.5 Å². The molecular weight excluding hydrogens is 406 g/mol. The minimum Gasteiger partial charge on any atom is -0.496 e. The Kier molecular flexibility index (Phi) is 7.33. The number of hydrogen-bond donors (Lipinski definition) is 1. The summed E-state index contributed by atoms with van der Waals surface area (Å²) in [5.41, 5.74) is 2.58. The van der Waals surface area contributed by atoms with Crippen LogP contribution < -0.4 is 10.1 Å². The Hall–Kier alpha value is -2.59. The Morgan fingerprint density at radius 2 is 2.03 bits per heavy atom.